The van der Waals surface area contributed by atoms with Crippen LogP contribution in [0.4, 0.5) is 5.69 Å². The summed E-state index contributed by atoms with van der Waals surface area (Å²) in [6, 6.07) is 3.25. The summed E-state index contributed by atoms with van der Waals surface area (Å²) in [4.78, 5) is 24.3. The van der Waals surface area contributed by atoms with Gasteiger partial charge in [0.05, 0.1) is 6.61 Å². The van der Waals surface area contributed by atoms with Gasteiger partial charge in [0.25, 0.3) is 0 Å². The summed E-state index contributed by atoms with van der Waals surface area (Å²) in [6.45, 7) is 4.46. The van der Waals surface area contributed by atoms with Crippen LogP contribution in [0.1, 0.15) is 42.6 Å². The van der Waals surface area contributed by atoms with Gasteiger partial charge in [-0.05, 0) is 37.5 Å². The molecule has 2 rings (SSSR count). The number of hydrogen-bond donors (Lipinski definition) is 3. The number of allylic oxidation sites excluding steroid dienone is 1. The van der Waals surface area contributed by atoms with Crippen LogP contribution in [0.25, 0.3) is 6.08 Å². The van der Waals surface area contributed by atoms with E-state index in [0.29, 0.717) is 24.2 Å². The van der Waals surface area contributed by atoms with Crippen molar-refractivity contribution in [1.29, 1.82) is 0 Å². The number of ether oxygens (including phenoxy) is 1. The van der Waals surface area contributed by atoms with Gasteiger partial charge in [0.2, 0.25) is 0 Å². The average Bonchev–Trinajstić information content (AvgIpc) is 2.60. The van der Waals surface area contributed by atoms with Gasteiger partial charge in [0.1, 0.15) is 17.4 Å². The van der Waals surface area contributed by atoms with Crippen molar-refractivity contribution in [2.75, 3.05) is 18.5 Å². The molecule has 0 aromatic heterocycles. The minimum atomic E-state index is -1.06. The summed E-state index contributed by atoms with van der Waals surface area (Å²) in [6.07, 6.45) is 6.07. The maximum Gasteiger partial charge on any atom is 0.342 e. The maximum absolute atomic E-state index is 12.5. The number of nitrogens with one attached hydrogen (secondary N) is 1. The van der Waals surface area contributed by atoms with Crippen LogP contribution in [0.5, 0.6) is 5.75 Å². The topological polar surface area (TPSA) is 95.9 Å². The molecule has 0 aliphatic carbocycles. The van der Waals surface area contributed by atoms with E-state index >= 15 is 0 Å². The number of ketones is 1. The van der Waals surface area contributed by atoms with Gasteiger partial charge in [0, 0.05) is 24.2 Å². The summed E-state index contributed by atoms with van der Waals surface area (Å²) in [5.41, 5.74) is 1.31. The minimum absolute atomic E-state index is 0.0657. The number of phenolic OH excluding ortho intramolecular Hbond substituents is 1. The Morgan fingerprint density at radius 2 is 2.04 bits per heavy atom. The highest BCUT2D eigenvalue weighted by atomic mass is 16.5. The number of carbonyl (C=O) groups excluding carboxylic acids is 2. The molecule has 26 heavy (non-hydrogen) atoms. The monoisotopic (exact) mass is 359 g/mol. The highest BCUT2D eigenvalue weighted by molar-refractivity contribution is 5.97. The predicted octanol–water partition coefficient (Wildman–Crippen LogP) is 2.91. The van der Waals surface area contributed by atoms with Gasteiger partial charge in [-0.25, -0.2) is 4.79 Å². The van der Waals surface area contributed by atoms with Gasteiger partial charge in [-0.1, -0.05) is 25.2 Å². The molecule has 0 bridgehead atoms. The van der Waals surface area contributed by atoms with E-state index in [1.807, 2.05) is 6.92 Å². The second kappa shape index (κ2) is 9.20. The van der Waals surface area contributed by atoms with Crippen molar-refractivity contribution in [1.82, 2.24) is 0 Å². The van der Waals surface area contributed by atoms with E-state index in [0.717, 1.165) is 0 Å². The summed E-state index contributed by atoms with van der Waals surface area (Å²) in [5, 5.41) is 23.3. The molecule has 140 valence electrons. The molecular weight excluding hydrogens is 334 g/mol. The Morgan fingerprint density at radius 1 is 1.27 bits per heavy atom. The number of aliphatic hydroxyl groups excluding tert-OH is 1. The van der Waals surface area contributed by atoms with Gasteiger partial charge >= 0.3 is 5.97 Å². The van der Waals surface area contributed by atoms with Crippen molar-refractivity contribution < 1.29 is 24.5 Å². The summed E-state index contributed by atoms with van der Waals surface area (Å²) < 4.78 is 5.29. The van der Waals surface area contributed by atoms with E-state index in [-0.39, 0.29) is 36.0 Å². The molecule has 1 aromatic rings. The summed E-state index contributed by atoms with van der Waals surface area (Å²) in [5.74, 6) is -1.33. The SMILES string of the molecule is CCNc1cc(O)c2c(c1)/C=C/CC[C@H](O)C(=O)/C=C\[C@@H](C)COC2=O. The Labute approximate surface area is 153 Å². The molecule has 0 radical (unpaired) electrons. The quantitative estimate of drug-likeness (QED) is 0.703. The zero-order valence-corrected chi connectivity index (χ0v) is 15.1. The number of aliphatic hydroxyl groups is 1. The van der Waals surface area contributed by atoms with E-state index < -0.39 is 12.1 Å². The Balaban J connectivity index is 2.38. The first-order chi connectivity index (χ1) is 12.4. The van der Waals surface area contributed by atoms with Crippen LogP contribution in [0, 0.1) is 5.92 Å². The normalized spacial score (nSPS) is 24.1. The van der Waals surface area contributed by atoms with Crippen LogP contribution < -0.4 is 5.32 Å². The molecule has 0 unspecified atom stereocenters. The standard InChI is InChI=1S/C20H25NO5/c1-3-21-15-10-14-6-4-5-7-16(22)17(23)9-8-13(2)12-26-20(25)19(14)18(24)11-15/h4,6,8-11,13,16,21-22,24H,3,5,7,12H2,1-2H3/b6-4+,9-8-/t13-,16+/m1/s1. The lowest BCUT2D eigenvalue weighted by Crippen LogP contribution is -2.18. The zero-order chi connectivity index (χ0) is 19.1. The third-order valence-electron chi connectivity index (χ3n) is 4.03. The van der Waals surface area contributed by atoms with Crippen molar-refractivity contribution in [3.8, 4) is 5.75 Å². The molecule has 0 amide bonds. The van der Waals surface area contributed by atoms with Gasteiger partial charge < -0.3 is 20.3 Å². The average molecular weight is 359 g/mol. The molecule has 0 spiro atoms. The van der Waals surface area contributed by atoms with Crippen molar-refractivity contribution in [2.24, 2.45) is 5.92 Å². The van der Waals surface area contributed by atoms with E-state index in [4.69, 9.17) is 4.74 Å². The smallest absolute Gasteiger partial charge is 0.342 e. The van der Waals surface area contributed by atoms with Crippen LogP contribution in [0.2, 0.25) is 0 Å². The molecule has 1 heterocycles. The highest BCUT2D eigenvalue weighted by Crippen LogP contribution is 2.29. The second-order valence-corrected chi connectivity index (χ2v) is 6.32. The molecule has 0 saturated heterocycles. The number of cyclic esters (lactones) is 1. The van der Waals surface area contributed by atoms with Gasteiger partial charge in [-0.2, -0.15) is 0 Å². The predicted molar refractivity (Wildman–Crippen MR) is 100 cm³/mol. The van der Waals surface area contributed by atoms with Crippen LogP contribution in [-0.2, 0) is 9.53 Å². The number of esters is 1. The first-order valence-corrected chi connectivity index (χ1v) is 8.77. The number of carbonyl (C=O) groups is 2. The number of benzene rings is 1. The van der Waals surface area contributed by atoms with E-state index in [1.165, 1.54) is 12.1 Å². The lowest BCUT2D eigenvalue weighted by atomic mass is 10.0. The number of aromatic hydroxyl groups is 1. The van der Waals surface area contributed by atoms with Crippen molar-refractivity contribution >= 4 is 23.5 Å². The molecule has 1 aromatic carbocycles. The molecular formula is C20H25NO5. The van der Waals surface area contributed by atoms with Gasteiger partial charge in [-0.3, -0.25) is 4.79 Å². The molecule has 0 fully saturated rings. The Kier molecular flexibility index (Phi) is 6.97. The molecule has 1 aliphatic rings. The van der Waals surface area contributed by atoms with Crippen LogP contribution >= 0.6 is 0 Å². The first-order valence-electron chi connectivity index (χ1n) is 8.77. The van der Waals surface area contributed by atoms with Gasteiger partial charge in [0.15, 0.2) is 5.78 Å². The Bertz CT molecular complexity index is 723. The molecule has 2 atom stereocenters. The molecule has 6 heteroatoms. The van der Waals surface area contributed by atoms with Crippen LogP contribution in [0.15, 0.2) is 30.4 Å². The lowest BCUT2D eigenvalue weighted by Gasteiger charge is -2.14. The minimum Gasteiger partial charge on any atom is -0.507 e. The van der Waals surface area contributed by atoms with Gasteiger partial charge in [-0.15, -0.1) is 0 Å². The maximum atomic E-state index is 12.5. The third kappa shape index (κ3) is 5.20. The fraction of sp³-hybridized carbons (Fsp3) is 0.400. The van der Waals surface area contributed by atoms with Crippen LogP contribution in [0.3, 0.4) is 0 Å². The molecule has 3 N–H and O–H groups in total. The van der Waals surface area contributed by atoms with Crippen molar-refractivity contribution in [3.63, 3.8) is 0 Å². The van der Waals surface area contributed by atoms with E-state index in [1.54, 1.807) is 31.2 Å². The fourth-order valence-electron chi connectivity index (χ4n) is 2.62. The van der Waals surface area contributed by atoms with E-state index in [9.17, 15) is 19.8 Å². The first kappa shape index (κ1) is 19.7. The van der Waals surface area contributed by atoms with Crippen molar-refractivity contribution in [2.45, 2.75) is 32.8 Å². The fourth-order valence-corrected chi connectivity index (χ4v) is 2.62. The van der Waals surface area contributed by atoms with E-state index in [2.05, 4.69) is 5.32 Å². The largest absolute Gasteiger partial charge is 0.507 e. The second-order valence-electron chi connectivity index (χ2n) is 6.32. The Morgan fingerprint density at radius 3 is 2.77 bits per heavy atom. The summed E-state index contributed by atoms with van der Waals surface area (Å²) in [7, 11) is 0. The molecule has 6 nitrogen and oxygen atoms in total. The molecule has 0 saturated carbocycles. The summed E-state index contributed by atoms with van der Waals surface area (Å²) >= 11 is 0. The van der Waals surface area contributed by atoms with Crippen molar-refractivity contribution in [3.05, 3.63) is 41.5 Å². The highest BCUT2D eigenvalue weighted by Gasteiger charge is 2.19. The van der Waals surface area contributed by atoms with Crippen LogP contribution in [-0.4, -0.2) is 41.2 Å². The number of rotatable bonds is 2. The number of fused-ring (bicyclic) bond motifs is 1. The molecule has 1 aliphatic heterocycles. The number of hydrogen-bond acceptors (Lipinski definition) is 6. The number of anilines is 1. The Hall–Kier alpha value is -2.60. The third-order valence-corrected chi connectivity index (χ3v) is 4.03. The lowest BCUT2D eigenvalue weighted by molar-refractivity contribution is -0.122. The number of phenols is 1. The zero-order valence-electron chi connectivity index (χ0n) is 15.1.